The maximum absolute atomic E-state index is 11.2. The minimum atomic E-state index is -0.927. The third-order valence-electron chi connectivity index (χ3n) is 1.54. The Kier molecular flexibility index (Phi) is 3.39. The van der Waals surface area contributed by atoms with Crippen LogP contribution in [0.2, 0.25) is 0 Å². The molecule has 4 heteroatoms. The third-order valence-corrected chi connectivity index (χ3v) is 1.54. The van der Waals surface area contributed by atoms with E-state index in [4.69, 9.17) is 5.73 Å². The molecule has 0 fully saturated rings. The van der Waals surface area contributed by atoms with E-state index in [1.807, 2.05) is 0 Å². The van der Waals surface area contributed by atoms with Crippen LogP contribution in [0.3, 0.4) is 0 Å². The molecule has 0 aromatic heterocycles. The zero-order valence-electron chi connectivity index (χ0n) is 7.97. The maximum atomic E-state index is 11.2. The summed E-state index contributed by atoms with van der Waals surface area (Å²) in [5.74, 6) is -0.391. The van der Waals surface area contributed by atoms with E-state index >= 15 is 0 Å². The summed E-state index contributed by atoms with van der Waals surface area (Å²) < 4.78 is 0. The summed E-state index contributed by atoms with van der Waals surface area (Å²) in [5.41, 5.74) is 4.58. The van der Waals surface area contributed by atoms with Gasteiger partial charge in [-0.2, -0.15) is 0 Å². The number of nitrogens with two attached hydrogens (primary N) is 1. The molecule has 0 aliphatic carbocycles. The van der Waals surface area contributed by atoms with Gasteiger partial charge in [-0.3, -0.25) is 9.59 Å². The molecule has 3 N–H and O–H groups in total. The first-order valence-electron chi connectivity index (χ1n) is 3.85. The van der Waals surface area contributed by atoms with Crippen molar-refractivity contribution in [1.82, 2.24) is 5.32 Å². The Morgan fingerprint density at radius 2 is 1.83 bits per heavy atom. The fraction of sp³-hybridized carbons (Fsp3) is 0.750. The van der Waals surface area contributed by atoms with E-state index in [9.17, 15) is 9.59 Å². The van der Waals surface area contributed by atoms with Crippen molar-refractivity contribution in [2.45, 2.75) is 39.3 Å². The van der Waals surface area contributed by atoms with Crippen LogP contribution in [0.5, 0.6) is 0 Å². The minimum absolute atomic E-state index is 0.0763. The lowest BCUT2D eigenvalue weighted by atomic mass is 10.1. The lowest BCUT2D eigenvalue weighted by Crippen LogP contribution is -2.52. The van der Waals surface area contributed by atoms with E-state index in [1.165, 1.54) is 6.92 Å². The number of rotatable bonds is 3. The van der Waals surface area contributed by atoms with E-state index in [0.717, 1.165) is 0 Å². The molecule has 0 bridgehead atoms. The highest BCUT2D eigenvalue weighted by atomic mass is 16.2. The van der Waals surface area contributed by atoms with E-state index in [1.54, 1.807) is 20.8 Å². The Labute approximate surface area is 72.5 Å². The summed E-state index contributed by atoms with van der Waals surface area (Å²) in [5, 5.41) is 2.51. The Hall–Kier alpha value is -0.900. The molecule has 0 spiro atoms. The van der Waals surface area contributed by atoms with Gasteiger partial charge in [-0.25, -0.2) is 0 Å². The normalized spacial score (nSPS) is 13.8. The molecular weight excluding hydrogens is 156 g/mol. The van der Waals surface area contributed by atoms with Gasteiger partial charge in [-0.15, -0.1) is 0 Å². The number of hydrogen-bond acceptors (Lipinski definition) is 3. The van der Waals surface area contributed by atoms with Crippen LogP contribution in [0, 0.1) is 0 Å². The van der Waals surface area contributed by atoms with Crippen molar-refractivity contribution < 1.29 is 9.59 Å². The van der Waals surface area contributed by atoms with Gasteiger partial charge < -0.3 is 11.1 Å². The van der Waals surface area contributed by atoms with Gasteiger partial charge in [0.25, 0.3) is 0 Å². The van der Waals surface area contributed by atoms with Gasteiger partial charge in [0, 0.05) is 0 Å². The Morgan fingerprint density at radius 3 is 2.08 bits per heavy atom. The molecule has 0 radical (unpaired) electrons. The smallest absolute Gasteiger partial charge is 0.240 e. The molecule has 1 atom stereocenters. The Balaban J connectivity index is 4.11. The van der Waals surface area contributed by atoms with Crippen molar-refractivity contribution in [3.63, 3.8) is 0 Å². The van der Waals surface area contributed by atoms with Crippen molar-refractivity contribution in [3.8, 4) is 0 Å². The first-order valence-corrected chi connectivity index (χ1v) is 3.85. The second kappa shape index (κ2) is 3.67. The number of carbonyl (C=O) groups excluding carboxylic acids is 2. The molecule has 0 rings (SSSR count). The largest absolute Gasteiger partial charge is 0.345 e. The number of carbonyl (C=O) groups is 2. The fourth-order valence-electron chi connectivity index (χ4n) is 0.484. The zero-order valence-corrected chi connectivity index (χ0v) is 7.97. The van der Waals surface area contributed by atoms with Crippen LogP contribution in [0.1, 0.15) is 27.7 Å². The lowest BCUT2D eigenvalue weighted by molar-refractivity contribution is -0.129. The SMILES string of the molecule is CC(=O)C(C)NC(=O)C(C)(C)N. The summed E-state index contributed by atoms with van der Waals surface area (Å²) >= 11 is 0. The molecule has 12 heavy (non-hydrogen) atoms. The van der Waals surface area contributed by atoms with E-state index in [2.05, 4.69) is 5.32 Å². The number of ketones is 1. The quantitative estimate of drug-likeness (QED) is 0.620. The van der Waals surface area contributed by atoms with Crippen LogP contribution < -0.4 is 11.1 Å². The Bertz CT molecular complexity index is 194. The van der Waals surface area contributed by atoms with Crippen molar-refractivity contribution >= 4 is 11.7 Å². The molecule has 1 amide bonds. The monoisotopic (exact) mass is 172 g/mol. The highest BCUT2D eigenvalue weighted by molar-refractivity contribution is 5.91. The molecule has 0 aromatic carbocycles. The average Bonchev–Trinajstić information content (AvgIpc) is 1.85. The van der Waals surface area contributed by atoms with E-state index in [0.29, 0.717) is 0 Å². The van der Waals surface area contributed by atoms with Crippen LogP contribution >= 0.6 is 0 Å². The number of Topliss-reactive ketones (excluding diaryl/α,β-unsaturated/α-hetero) is 1. The van der Waals surface area contributed by atoms with Gasteiger partial charge in [0.2, 0.25) is 5.91 Å². The van der Waals surface area contributed by atoms with Gasteiger partial charge in [-0.1, -0.05) is 0 Å². The number of amides is 1. The highest BCUT2D eigenvalue weighted by Gasteiger charge is 2.23. The van der Waals surface area contributed by atoms with Crippen molar-refractivity contribution in [3.05, 3.63) is 0 Å². The van der Waals surface area contributed by atoms with Gasteiger partial charge >= 0.3 is 0 Å². The summed E-state index contributed by atoms with van der Waals surface area (Å²) in [7, 11) is 0. The molecule has 0 aliphatic heterocycles. The summed E-state index contributed by atoms with van der Waals surface area (Å²) in [6.45, 7) is 6.24. The second-order valence-corrected chi connectivity index (χ2v) is 3.53. The maximum Gasteiger partial charge on any atom is 0.240 e. The van der Waals surface area contributed by atoms with Crippen molar-refractivity contribution in [2.24, 2.45) is 5.73 Å². The summed E-state index contributed by atoms with van der Waals surface area (Å²) in [6, 6.07) is -0.458. The van der Waals surface area contributed by atoms with Gasteiger partial charge in [-0.05, 0) is 27.7 Å². The molecule has 0 heterocycles. The second-order valence-electron chi connectivity index (χ2n) is 3.53. The van der Waals surface area contributed by atoms with Crippen LogP contribution in [0.4, 0.5) is 0 Å². The van der Waals surface area contributed by atoms with Gasteiger partial charge in [0.15, 0.2) is 5.78 Å². The van der Waals surface area contributed by atoms with Crippen molar-refractivity contribution in [1.29, 1.82) is 0 Å². The third kappa shape index (κ3) is 3.48. The van der Waals surface area contributed by atoms with Crippen molar-refractivity contribution in [2.75, 3.05) is 0 Å². The predicted octanol–water partition coefficient (Wildman–Crippen LogP) is -0.183. The standard InChI is InChI=1S/C8H16N2O2/c1-5(6(2)11)10-7(12)8(3,4)9/h5H,9H2,1-4H3,(H,10,12). The molecule has 1 unspecified atom stereocenters. The first kappa shape index (κ1) is 11.1. The lowest BCUT2D eigenvalue weighted by Gasteiger charge is -2.20. The Morgan fingerprint density at radius 1 is 1.42 bits per heavy atom. The van der Waals surface area contributed by atoms with Crippen LogP contribution in [0.25, 0.3) is 0 Å². The molecule has 0 aliphatic rings. The highest BCUT2D eigenvalue weighted by Crippen LogP contribution is 1.97. The van der Waals surface area contributed by atoms with Gasteiger partial charge in [0.1, 0.15) is 0 Å². The first-order chi connectivity index (χ1) is 5.25. The van der Waals surface area contributed by atoms with E-state index in [-0.39, 0.29) is 11.7 Å². The summed E-state index contributed by atoms with van der Waals surface area (Å²) in [6.07, 6.45) is 0. The van der Waals surface area contributed by atoms with Gasteiger partial charge in [0.05, 0.1) is 11.6 Å². The molecule has 0 saturated carbocycles. The molecule has 0 aromatic rings. The predicted molar refractivity (Wildman–Crippen MR) is 46.6 cm³/mol. The number of hydrogen-bond donors (Lipinski definition) is 2. The molecule has 0 saturated heterocycles. The zero-order chi connectivity index (χ0) is 9.94. The fourth-order valence-corrected chi connectivity index (χ4v) is 0.484. The van der Waals surface area contributed by atoms with Crippen LogP contribution in [-0.4, -0.2) is 23.3 Å². The topological polar surface area (TPSA) is 72.2 Å². The van der Waals surface area contributed by atoms with E-state index < -0.39 is 11.6 Å². The molecular formula is C8H16N2O2. The molecule has 4 nitrogen and oxygen atoms in total. The molecule has 70 valence electrons. The average molecular weight is 172 g/mol. The minimum Gasteiger partial charge on any atom is -0.345 e. The summed E-state index contributed by atoms with van der Waals surface area (Å²) in [4.78, 5) is 21.9. The number of nitrogens with one attached hydrogen (secondary N) is 1. The van der Waals surface area contributed by atoms with Crippen LogP contribution in [0.15, 0.2) is 0 Å². The van der Waals surface area contributed by atoms with Crippen LogP contribution in [-0.2, 0) is 9.59 Å².